The second-order valence-electron chi connectivity index (χ2n) is 9.41. The standard InChI is InChI=1S/C30H21F10NO3/c31-26-12-11-19(28(32,33)34)13-18(26)16-41(17-27(42)24-9-1-2-10-25(24)29(35,36)37)20-5-3-6-21(14-20)43-22-7-4-8-23(15-22)44-30(38,39)40/h1-15,27,42H,16-17H2. The fourth-order valence-electron chi connectivity index (χ4n) is 4.31. The zero-order valence-electron chi connectivity index (χ0n) is 22.1. The van der Waals surface area contributed by atoms with E-state index in [9.17, 15) is 49.0 Å². The smallest absolute Gasteiger partial charge is 0.457 e. The summed E-state index contributed by atoms with van der Waals surface area (Å²) in [6.45, 7) is -1.26. The molecule has 0 heterocycles. The van der Waals surface area contributed by atoms with Crippen molar-refractivity contribution in [1.29, 1.82) is 0 Å². The molecule has 0 radical (unpaired) electrons. The molecule has 0 saturated carbocycles. The summed E-state index contributed by atoms with van der Waals surface area (Å²) in [5.74, 6) is -1.73. The van der Waals surface area contributed by atoms with Gasteiger partial charge in [0.1, 0.15) is 23.1 Å². The van der Waals surface area contributed by atoms with Crippen molar-refractivity contribution in [3.05, 3.63) is 119 Å². The summed E-state index contributed by atoms with van der Waals surface area (Å²) < 4.78 is 143. The van der Waals surface area contributed by atoms with E-state index in [-0.39, 0.29) is 17.2 Å². The average Bonchev–Trinajstić information content (AvgIpc) is 2.92. The third-order valence-corrected chi connectivity index (χ3v) is 6.21. The Labute approximate surface area is 243 Å². The van der Waals surface area contributed by atoms with Crippen molar-refractivity contribution < 1.29 is 58.5 Å². The van der Waals surface area contributed by atoms with Crippen LogP contribution in [0.4, 0.5) is 49.6 Å². The van der Waals surface area contributed by atoms with Crippen molar-refractivity contribution >= 4 is 5.69 Å². The molecular weight excluding hydrogens is 612 g/mol. The van der Waals surface area contributed by atoms with Crippen LogP contribution in [0.1, 0.15) is 28.4 Å². The van der Waals surface area contributed by atoms with Gasteiger partial charge < -0.3 is 19.5 Å². The topological polar surface area (TPSA) is 41.9 Å². The van der Waals surface area contributed by atoms with Crippen LogP contribution in [0, 0.1) is 5.82 Å². The predicted octanol–water partition coefficient (Wildman–Crippen LogP) is 9.29. The molecule has 0 aromatic heterocycles. The maximum atomic E-state index is 14.7. The van der Waals surface area contributed by atoms with Crippen LogP contribution in [-0.4, -0.2) is 18.0 Å². The van der Waals surface area contributed by atoms with Gasteiger partial charge in [0.15, 0.2) is 0 Å². The molecule has 4 aromatic rings. The van der Waals surface area contributed by atoms with Crippen molar-refractivity contribution in [2.75, 3.05) is 11.4 Å². The van der Waals surface area contributed by atoms with Gasteiger partial charge in [0.2, 0.25) is 0 Å². The molecule has 0 amide bonds. The molecule has 0 aliphatic rings. The van der Waals surface area contributed by atoms with E-state index in [0.717, 1.165) is 35.2 Å². The minimum Gasteiger partial charge on any atom is -0.457 e. The Hall–Kier alpha value is -4.46. The van der Waals surface area contributed by atoms with E-state index in [2.05, 4.69) is 4.74 Å². The second kappa shape index (κ2) is 12.6. The molecule has 0 aliphatic heterocycles. The van der Waals surface area contributed by atoms with Gasteiger partial charge in [0, 0.05) is 36.5 Å². The molecule has 234 valence electrons. The van der Waals surface area contributed by atoms with E-state index in [1.54, 1.807) is 0 Å². The Bertz CT molecular complexity index is 1580. The van der Waals surface area contributed by atoms with Gasteiger partial charge in [-0.15, -0.1) is 13.2 Å². The van der Waals surface area contributed by atoms with Gasteiger partial charge in [-0.05, 0) is 54.1 Å². The molecule has 1 N–H and O–H groups in total. The predicted molar refractivity (Wildman–Crippen MR) is 138 cm³/mol. The lowest BCUT2D eigenvalue weighted by Crippen LogP contribution is -2.29. The van der Waals surface area contributed by atoms with Crippen LogP contribution < -0.4 is 14.4 Å². The number of rotatable bonds is 9. The van der Waals surface area contributed by atoms with Crippen LogP contribution in [0.5, 0.6) is 17.2 Å². The Morgan fingerprint density at radius 3 is 1.98 bits per heavy atom. The first-order chi connectivity index (χ1) is 20.5. The van der Waals surface area contributed by atoms with Crippen LogP contribution >= 0.6 is 0 Å². The summed E-state index contributed by atoms with van der Waals surface area (Å²) in [7, 11) is 0. The first kappa shape index (κ1) is 32.5. The van der Waals surface area contributed by atoms with E-state index < -0.39 is 71.7 Å². The first-order valence-electron chi connectivity index (χ1n) is 12.6. The third-order valence-electron chi connectivity index (χ3n) is 6.21. The quantitative estimate of drug-likeness (QED) is 0.187. The van der Waals surface area contributed by atoms with Gasteiger partial charge in [0.05, 0.1) is 17.2 Å². The van der Waals surface area contributed by atoms with Crippen LogP contribution in [-0.2, 0) is 18.9 Å². The van der Waals surface area contributed by atoms with Gasteiger partial charge in [-0.25, -0.2) is 4.39 Å². The van der Waals surface area contributed by atoms with E-state index >= 15 is 0 Å². The lowest BCUT2D eigenvalue weighted by atomic mass is 10.0. The lowest BCUT2D eigenvalue weighted by Gasteiger charge is -2.29. The minimum absolute atomic E-state index is 0.00801. The normalized spacial score (nSPS) is 13.0. The molecule has 0 fully saturated rings. The summed E-state index contributed by atoms with van der Waals surface area (Å²) in [6, 6.07) is 15.7. The molecule has 14 heteroatoms. The Morgan fingerprint density at radius 1 is 0.682 bits per heavy atom. The number of halogens is 10. The third kappa shape index (κ3) is 8.56. The molecule has 0 saturated heterocycles. The zero-order chi connectivity index (χ0) is 32.3. The largest absolute Gasteiger partial charge is 0.573 e. The monoisotopic (exact) mass is 633 g/mol. The molecule has 1 atom stereocenters. The van der Waals surface area contributed by atoms with Gasteiger partial charge in [-0.1, -0.05) is 30.3 Å². The van der Waals surface area contributed by atoms with E-state index in [1.807, 2.05) is 0 Å². The van der Waals surface area contributed by atoms with Gasteiger partial charge >= 0.3 is 18.7 Å². The van der Waals surface area contributed by atoms with Crippen LogP contribution in [0.25, 0.3) is 0 Å². The molecule has 0 spiro atoms. The van der Waals surface area contributed by atoms with Crippen LogP contribution in [0.2, 0.25) is 0 Å². The van der Waals surface area contributed by atoms with Crippen molar-refractivity contribution in [3.63, 3.8) is 0 Å². The SMILES string of the molecule is OC(CN(Cc1cc(C(F)(F)F)ccc1F)c1cccc(Oc2cccc(OC(F)(F)F)c2)c1)c1ccccc1C(F)(F)F. The van der Waals surface area contributed by atoms with E-state index in [0.29, 0.717) is 18.2 Å². The lowest BCUT2D eigenvalue weighted by molar-refractivity contribution is -0.274. The number of aliphatic hydroxyl groups excluding tert-OH is 1. The number of hydrogen-bond donors (Lipinski definition) is 1. The Morgan fingerprint density at radius 2 is 1.32 bits per heavy atom. The number of hydrogen-bond acceptors (Lipinski definition) is 4. The fraction of sp³-hybridized carbons (Fsp3) is 0.200. The highest BCUT2D eigenvalue weighted by atomic mass is 19.4. The van der Waals surface area contributed by atoms with Crippen molar-refractivity contribution in [2.24, 2.45) is 0 Å². The molecular formula is C30H21F10NO3. The fourth-order valence-corrected chi connectivity index (χ4v) is 4.31. The number of anilines is 1. The molecule has 4 nitrogen and oxygen atoms in total. The van der Waals surface area contributed by atoms with E-state index in [1.165, 1.54) is 42.5 Å². The molecule has 1 unspecified atom stereocenters. The molecule has 44 heavy (non-hydrogen) atoms. The summed E-state index contributed by atoms with van der Waals surface area (Å²) in [6.07, 6.45) is -16.5. The van der Waals surface area contributed by atoms with Gasteiger partial charge in [-0.2, -0.15) is 26.3 Å². The summed E-state index contributed by atoms with van der Waals surface area (Å²) in [4.78, 5) is 1.15. The molecule has 4 aromatic carbocycles. The Kier molecular flexibility index (Phi) is 9.33. The van der Waals surface area contributed by atoms with Crippen molar-refractivity contribution in [1.82, 2.24) is 0 Å². The van der Waals surface area contributed by atoms with Crippen molar-refractivity contribution in [3.8, 4) is 17.2 Å². The number of alkyl halides is 9. The molecule has 0 bridgehead atoms. The van der Waals surface area contributed by atoms with Crippen LogP contribution in [0.15, 0.2) is 91.0 Å². The highest BCUT2D eigenvalue weighted by Crippen LogP contribution is 2.37. The van der Waals surface area contributed by atoms with E-state index in [4.69, 9.17) is 4.74 Å². The Balaban J connectivity index is 1.70. The molecule has 0 aliphatic carbocycles. The number of ether oxygens (including phenoxy) is 2. The summed E-state index contributed by atoms with van der Waals surface area (Å²) in [5, 5.41) is 10.9. The highest BCUT2D eigenvalue weighted by Gasteiger charge is 2.36. The van der Waals surface area contributed by atoms with Crippen LogP contribution in [0.3, 0.4) is 0 Å². The molecule has 4 rings (SSSR count). The number of benzene rings is 4. The first-order valence-corrected chi connectivity index (χ1v) is 12.6. The minimum atomic E-state index is -4.97. The maximum Gasteiger partial charge on any atom is 0.573 e. The highest BCUT2D eigenvalue weighted by molar-refractivity contribution is 5.53. The zero-order valence-corrected chi connectivity index (χ0v) is 22.1. The van der Waals surface area contributed by atoms with Crippen molar-refractivity contribution in [2.45, 2.75) is 31.4 Å². The summed E-state index contributed by atoms with van der Waals surface area (Å²) >= 11 is 0. The number of aliphatic hydroxyl groups is 1. The van der Waals surface area contributed by atoms with Gasteiger partial charge in [-0.3, -0.25) is 0 Å². The maximum absolute atomic E-state index is 14.7. The van der Waals surface area contributed by atoms with Gasteiger partial charge in [0.25, 0.3) is 0 Å². The number of nitrogens with zero attached hydrogens (tertiary/aromatic N) is 1. The second-order valence-corrected chi connectivity index (χ2v) is 9.41. The summed E-state index contributed by atoms with van der Waals surface area (Å²) in [5.41, 5.74) is -3.24. The average molecular weight is 633 g/mol.